The topological polar surface area (TPSA) is 73.1 Å². The van der Waals surface area contributed by atoms with Crippen molar-refractivity contribution in [2.75, 3.05) is 7.05 Å². The molecule has 0 atom stereocenters. The SMILES string of the molecule is CN1Sc2ccccc2C(OC(=O)c2ccccc2)=C1c1nnn(Cc2ccccc2)n1. The van der Waals surface area contributed by atoms with Crippen molar-refractivity contribution in [2.45, 2.75) is 11.4 Å². The predicted molar refractivity (Wildman–Crippen MR) is 122 cm³/mol. The van der Waals surface area contributed by atoms with Crippen LogP contribution in [0.15, 0.2) is 89.8 Å². The summed E-state index contributed by atoms with van der Waals surface area (Å²) in [5.74, 6) is 0.362. The van der Waals surface area contributed by atoms with E-state index < -0.39 is 5.97 Å². The fraction of sp³-hybridized carbons (Fsp3) is 0.0833. The summed E-state index contributed by atoms with van der Waals surface area (Å²) >= 11 is 1.52. The Morgan fingerprint density at radius 3 is 2.41 bits per heavy atom. The van der Waals surface area contributed by atoms with Crippen molar-refractivity contribution in [3.8, 4) is 0 Å². The minimum atomic E-state index is -0.440. The van der Waals surface area contributed by atoms with Crippen LogP contribution < -0.4 is 0 Å². The highest BCUT2D eigenvalue weighted by Gasteiger charge is 2.31. The Morgan fingerprint density at radius 1 is 0.938 bits per heavy atom. The number of nitrogens with zero attached hydrogens (tertiary/aromatic N) is 5. The Morgan fingerprint density at radius 2 is 1.62 bits per heavy atom. The Bertz CT molecular complexity index is 1290. The highest BCUT2D eigenvalue weighted by Crippen LogP contribution is 2.43. The van der Waals surface area contributed by atoms with Crippen LogP contribution in [0.2, 0.25) is 0 Å². The summed E-state index contributed by atoms with van der Waals surface area (Å²) in [6, 6.07) is 26.6. The molecule has 0 spiro atoms. The Kier molecular flexibility index (Phi) is 5.43. The second kappa shape index (κ2) is 8.68. The quantitative estimate of drug-likeness (QED) is 0.337. The second-order valence-corrected chi connectivity index (χ2v) is 8.32. The van der Waals surface area contributed by atoms with Gasteiger partial charge in [-0.25, -0.2) is 4.79 Å². The first-order valence-electron chi connectivity index (χ1n) is 10.0. The zero-order chi connectivity index (χ0) is 21.9. The maximum absolute atomic E-state index is 12.9. The van der Waals surface area contributed by atoms with Crippen LogP contribution in [0.25, 0.3) is 11.5 Å². The number of rotatable bonds is 5. The van der Waals surface area contributed by atoms with Crippen molar-refractivity contribution in [1.82, 2.24) is 24.5 Å². The smallest absolute Gasteiger partial charge is 0.343 e. The molecule has 0 N–H and O–H groups in total. The normalized spacial score (nSPS) is 13.1. The number of carbonyl (C=O) groups is 1. The van der Waals surface area contributed by atoms with Crippen molar-refractivity contribution in [2.24, 2.45) is 0 Å². The number of benzene rings is 3. The van der Waals surface area contributed by atoms with Crippen molar-refractivity contribution >= 4 is 29.4 Å². The van der Waals surface area contributed by atoms with Crippen molar-refractivity contribution in [3.05, 3.63) is 107 Å². The largest absolute Gasteiger partial charge is 0.420 e. The third kappa shape index (κ3) is 4.00. The minimum Gasteiger partial charge on any atom is -0.420 e. The number of hydrogen-bond acceptors (Lipinski definition) is 7. The second-order valence-electron chi connectivity index (χ2n) is 7.15. The molecule has 1 aliphatic heterocycles. The molecule has 4 aromatic rings. The summed E-state index contributed by atoms with van der Waals surface area (Å²) < 4.78 is 7.84. The van der Waals surface area contributed by atoms with Gasteiger partial charge in [-0.3, -0.25) is 0 Å². The lowest BCUT2D eigenvalue weighted by Gasteiger charge is -2.28. The van der Waals surface area contributed by atoms with E-state index in [1.807, 2.05) is 72.0 Å². The van der Waals surface area contributed by atoms with Gasteiger partial charge in [0.15, 0.2) is 5.76 Å². The van der Waals surface area contributed by atoms with Crippen LogP contribution in [0.4, 0.5) is 0 Å². The Labute approximate surface area is 189 Å². The van der Waals surface area contributed by atoms with E-state index >= 15 is 0 Å². The van der Waals surface area contributed by atoms with E-state index in [9.17, 15) is 4.79 Å². The molecule has 0 amide bonds. The molecule has 2 heterocycles. The number of ether oxygens (including phenoxy) is 1. The minimum absolute atomic E-state index is 0.390. The van der Waals surface area contributed by atoms with E-state index in [-0.39, 0.29) is 0 Å². The first kappa shape index (κ1) is 20.0. The molecule has 32 heavy (non-hydrogen) atoms. The van der Waals surface area contributed by atoms with Crippen LogP contribution in [0.3, 0.4) is 0 Å². The molecule has 8 heteroatoms. The van der Waals surface area contributed by atoms with E-state index in [2.05, 4.69) is 15.4 Å². The van der Waals surface area contributed by atoms with E-state index in [4.69, 9.17) is 4.74 Å². The highest BCUT2D eigenvalue weighted by molar-refractivity contribution is 7.97. The lowest BCUT2D eigenvalue weighted by atomic mass is 10.1. The van der Waals surface area contributed by atoms with E-state index in [1.54, 1.807) is 24.3 Å². The maximum atomic E-state index is 12.9. The molecule has 158 valence electrons. The highest BCUT2D eigenvalue weighted by atomic mass is 32.2. The summed E-state index contributed by atoms with van der Waals surface area (Å²) in [5.41, 5.74) is 2.95. The molecule has 0 aliphatic carbocycles. The van der Waals surface area contributed by atoms with Gasteiger partial charge in [0.05, 0.1) is 12.1 Å². The Hall–Kier alpha value is -3.91. The molecule has 0 unspecified atom stereocenters. The fourth-order valence-corrected chi connectivity index (χ4v) is 4.37. The third-order valence-electron chi connectivity index (χ3n) is 4.93. The van der Waals surface area contributed by atoms with E-state index in [0.29, 0.717) is 29.4 Å². The van der Waals surface area contributed by atoms with Crippen LogP contribution in [-0.2, 0) is 11.3 Å². The number of esters is 1. The Balaban J connectivity index is 1.55. The summed E-state index contributed by atoms with van der Waals surface area (Å²) in [5, 5.41) is 13.1. The van der Waals surface area contributed by atoms with Crippen molar-refractivity contribution < 1.29 is 9.53 Å². The lowest BCUT2D eigenvalue weighted by Crippen LogP contribution is -2.19. The standard InChI is InChI=1S/C24H19N5O2S/c1-28-21(23-25-27-29(26-23)16-17-10-4-2-5-11-17)22(19-14-8-9-15-20(19)32-28)31-24(30)18-12-6-3-7-13-18/h2-15H,16H2,1H3. The number of fused-ring (bicyclic) bond motifs is 1. The van der Waals surface area contributed by atoms with Crippen LogP contribution in [0.5, 0.6) is 0 Å². The molecule has 1 aromatic heterocycles. The van der Waals surface area contributed by atoms with Gasteiger partial charge in [-0.1, -0.05) is 60.7 Å². The van der Waals surface area contributed by atoms with Crippen molar-refractivity contribution in [3.63, 3.8) is 0 Å². The molecule has 3 aromatic carbocycles. The molecule has 0 saturated heterocycles. The van der Waals surface area contributed by atoms with Crippen LogP contribution in [-0.4, -0.2) is 37.5 Å². The van der Waals surface area contributed by atoms with Gasteiger partial charge in [-0.15, -0.1) is 10.2 Å². The fourth-order valence-electron chi connectivity index (χ4n) is 3.42. The zero-order valence-corrected chi connectivity index (χ0v) is 18.1. The molecule has 5 rings (SSSR count). The van der Waals surface area contributed by atoms with Gasteiger partial charge in [0.2, 0.25) is 5.82 Å². The number of tetrazole rings is 1. The van der Waals surface area contributed by atoms with Gasteiger partial charge in [-0.2, -0.15) is 4.80 Å². The monoisotopic (exact) mass is 441 g/mol. The average molecular weight is 442 g/mol. The molecule has 0 saturated carbocycles. The molecular formula is C24H19N5O2S. The molecule has 1 aliphatic rings. The lowest BCUT2D eigenvalue weighted by molar-refractivity contribution is 0.0691. The van der Waals surface area contributed by atoms with Gasteiger partial charge < -0.3 is 9.04 Å². The third-order valence-corrected chi connectivity index (χ3v) is 5.94. The molecule has 0 radical (unpaired) electrons. The first-order valence-corrected chi connectivity index (χ1v) is 10.8. The number of carbonyl (C=O) groups excluding carboxylic acids is 1. The predicted octanol–water partition coefficient (Wildman–Crippen LogP) is 4.36. The van der Waals surface area contributed by atoms with Gasteiger partial charge in [0.1, 0.15) is 5.70 Å². The summed E-state index contributed by atoms with van der Waals surface area (Å²) in [4.78, 5) is 15.4. The molecule has 7 nitrogen and oxygen atoms in total. The van der Waals surface area contributed by atoms with Crippen molar-refractivity contribution in [1.29, 1.82) is 0 Å². The zero-order valence-electron chi connectivity index (χ0n) is 17.3. The van der Waals surface area contributed by atoms with Gasteiger partial charge in [0, 0.05) is 17.5 Å². The summed E-state index contributed by atoms with van der Waals surface area (Å²) in [6.07, 6.45) is 0. The van der Waals surface area contributed by atoms with E-state index in [1.165, 1.54) is 16.7 Å². The molecular weight excluding hydrogens is 422 g/mol. The van der Waals surface area contributed by atoms with Crippen LogP contribution >= 0.6 is 11.9 Å². The maximum Gasteiger partial charge on any atom is 0.343 e. The average Bonchev–Trinajstić information content (AvgIpc) is 3.28. The summed E-state index contributed by atoms with van der Waals surface area (Å²) in [7, 11) is 1.89. The summed E-state index contributed by atoms with van der Waals surface area (Å²) in [6.45, 7) is 0.494. The molecule has 0 fully saturated rings. The van der Waals surface area contributed by atoms with Gasteiger partial charge >= 0.3 is 5.97 Å². The number of hydrogen-bond donors (Lipinski definition) is 0. The van der Waals surface area contributed by atoms with Crippen LogP contribution in [0.1, 0.15) is 27.3 Å². The van der Waals surface area contributed by atoms with Crippen LogP contribution in [0, 0.1) is 0 Å². The first-order chi connectivity index (χ1) is 15.7. The van der Waals surface area contributed by atoms with E-state index in [0.717, 1.165) is 16.0 Å². The molecule has 0 bridgehead atoms. The number of aromatic nitrogens is 4. The van der Waals surface area contributed by atoms with Gasteiger partial charge in [-0.05, 0) is 47.0 Å². The van der Waals surface area contributed by atoms with Gasteiger partial charge in [0.25, 0.3) is 0 Å².